The molecule has 0 saturated carbocycles. The molecule has 2 rings (SSSR count). The molecule has 41 heavy (non-hydrogen) atoms. The van der Waals surface area contributed by atoms with Crippen molar-refractivity contribution in [3.8, 4) is 0 Å². The molecule has 1 amide bonds. The molecule has 1 unspecified atom stereocenters. The SMILES string of the molecule is CC(C)NC(=O)c1ccc(CC2CN(CC(=O)O)CCN(CC(=O)O)CCN(CC(=O)O)CCN2CO)cc1.O.[Y]. The quantitative estimate of drug-likeness (QED) is 0.181. The summed E-state index contributed by atoms with van der Waals surface area (Å²) in [5, 5.41) is 41.3. The van der Waals surface area contributed by atoms with Gasteiger partial charge in [0.05, 0.1) is 26.4 Å². The summed E-state index contributed by atoms with van der Waals surface area (Å²) in [6.45, 7) is 4.81. The van der Waals surface area contributed by atoms with Gasteiger partial charge < -0.3 is 31.2 Å². The van der Waals surface area contributed by atoms with E-state index >= 15 is 0 Å². The van der Waals surface area contributed by atoms with Gasteiger partial charge in [0.1, 0.15) is 0 Å². The van der Waals surface area contributed by atoms with Gasteiger partial charge in [-0.3, -0.25) is 38.8 Å². The van der Waals surface area contributed by atoms with Gasteiger partial charge in [-0.15, -0.1) is 0 Å². The predicted octanol–water partition coefficient (Wildman–Crippen LogP) is -1.67. The molecule has 1 heterocycles. The molecule has 1 aromatic carbocycles. The van der Waals surface area contributed by atoms with Crippen LogP contribution < -0.4 is 5.32 Å². The van der Waals surface area contributed by atoms with Crippen LogP contribution in [0.15, 0.2) is 24.3 Å². The van der Waals surface area contributed by atoms with Gasteiger partial charge >= 0.3 is 17.9 Å². The Morgan fingerprint density at radius 3 is 1.68 bits per heavy atom. The minimum absolute atomic E-state index is 0. The minimum Gasteiger partial charge on any atom is -0.480 e. The molecule has 15 heteroatoms. The Kier molecular flexibility index (Phi) is 19.0. The summed E-state index contributed by atoms with van der Waals surface area (Å²) in [5.41, 5.74) is 1.40. The predicted molar refractivity (Wildman–Crippen MR) is 146 cm³/mol. The summed E-state index contributed by atoms with van der Waals surface area (Å²) < 4.78 is 0. The van der Waals surface area contributed by atoms with Crippen LogP contribution in [-0.2, 0) is 53.5 Å². The van der Waals surface area contributed by atoms with Gasteiger partial charge in [0, 0.05) is 96.2 Å². The second-order valence-corrected chi connectivity index (χ2v) is 10.1. The number of aliphatic hydroxyl groups is 1. The van der Waals surface area contributed by atoms with Gasteiger partial charge in [-0.25, -0.2) is 0 Å². The third kappa shape index (κ3) is 15.1. The fourth-order valence-electron chi connectivity index (χ4n) is 4.57. The summed E-state index contributed by atoms with van der Waals surface area (Å²) in [5.74, 6) is -3.23. The first kappa shape index (κ1) is 39.0. The van der Waals surface area contributed by atoms with Gasteiger partial charge in [-0.05, 0) is 38.0 Å². The standard InChI is InChI=1S/C26H41N5O8.H2O.Y/c1-19(2)27-26(39)21-5-3-20(4-6-21)13-22-14-30(17-25(37)38)10-9-28(15-23(33)34)7-8-29(16-24(35)36)11-12-31(22)18-32;;/h3-6,19,22,32H,7-18H2,1-2H3,(H,27,39)(H,33,34)(H,35,36)(H,37,38);1H2;. The molecular formula is C26H43N5O9Y. The Balaban J connectivity index is 0.00000800. The Morgan fingerprint density at radius 2 is 1.24 bits per heavy atom. The maximum atomic E-state index is 12.3. The van der Waals surface area contributed by atoms with Crippen molar-refractivity contribution in [1.29, 1.82) is 0 Å². The van der Waals surface area contributed by atoms with E-state index in [0.717, 1.165) is 5.56 Å². The van der Waals surface area contributed by atoms with Crippen LogP contribution in [0.3, 0.4) is 0 Å². The smallest absolute Gasteiger partial charge is 0.317 e. The van der Waals surface area contributed by atoms with Crippen molar-refractivity contribution >= 4 is 23.8 Å². The van der Waals surface area contributed by atoms with E-state index in [2.05, 4.69) is 5.32 Å². The average molecular weight is 659 g/mol. The zero-order chi connectivity index (χ0) is 28.9. The first-order valence-corrected chi connectivity index (χ1v) is 13.0. The minimum atomic E-state index is -1.02. The van der Waals surface area contributed by atoms with Crippen molar-refractivity contribution in [2.45, 2.75) is 32.4 Å². The molecular weight excluding hydrogens is 615 g/mol. The summed E-state index contributed by atoms with van der Waals surface area (Å²) in [4.78, 5) is 53.7. The molecule has 7 N–H and O–H groups in total. The Labute approximate surface area is 265 Å². The molecule has 229 valence electrons. The van der Waals surface area contributed by atoms with Gasteiger partial charge in [0.25, 0.3) is 5.91 Å². The van der Waals surface area contributed by atoms with E-state index in [1.165, 1.54) is 0 Å². The van der Waals surface area contributed by atoms with Crippen LogP contribution in [0.2, 0.25) is 0 Å². The fraction of sp³-hybridized carbons (Fsp3) is 0.615. The van der Waals surface area contributed by atoms with Crippen molar-refractivity contribution < 1.29 is 77.8 Å². The Hall–Kier alpha value is -2.04. The number of nitrogens with one attached hydrogen (secondary N) is 1. The second kappa shape index (κ2) is 20.0. The normalized spacial score (nSPS) is 18.3. The maximum Gasteiger partial charge on any atom is 0.317 e. The Bertz CT molecular complexity index is 967. The topological polar surface area (TPSA) is 206 Å². The molecule has 0 spiro atoms. The molecule has 1 aliphatic heterocycles. The molecule has 1 aromatic rings. The van der Waals surface area contributed by atoms with Crippen LogP contribution in [0.4, 0.5) is 0 Å². The number of aliphatic carboxylic acids is 3. The molecule has 1 saturated heterocycles. The van der Waals surface area contributed by atoms with Crippen LogP contribution in [0.5, 0.6) is 0 Å². The number of carbonyl (C=O) groups is 4. The summed E-state index contributed by atoms with van der Waals surface area (Å²) in [6.07, 6.45) is 0.445. The molecule has 14 nitrogen and oxygen atoms in total. The molecule has 0 bridgehead atoms. The van der Waals surface area contributed by atoms with Crippen LogP contribution >= 0.6 is 0 Å². The summed E-state index contributed by atoms with van der Waals surface area (Å²) in [7, 11) is 0. The maximum absolute atomic E-state index is 12.3. The summed E-state index contributed by atoms with van der Waals surface area (Å²) in [6, 6.07) is 6.77. The molecule has 0 aliphatic carbocycles. The number of hydrogen-bond acceptors (Lipinski definition) is 9. The number of carboxylic acid groups (broad SMARTS) is 3. The van der Waals surface area contributed by atoms with E-state index in [0.29, 0.717) is 38.2 Å². The van der Waals surface area contributed by atoms with E-state index < -0.39 is 17.9 Å². The van der Waals surface area contributed by atoms with Crippen molar-refractivity contribution in [3.63, 3.8) is 0 Å². The van der Waals surface area contributed by atoms with E-state index in [1.54, 1.807) is 31.7 Å². The number of carbonyl (C=O) groups excluding carboxylic acids is 1. The third-order valence-corrected chi connectivity index (χ3v) is 6.52. The van der Waals surface area contributed by atoms with Gasteiger partial charge in [-0.1, -0.05) is 12.1 Å². The van der Waals surface area contributed by atoms with Gasteiger partial charge in [0.15, 0.2) is 0 Å². The summed E-state index contributed by atoms with van der Waals surface area (Å²) >= 11 is 0. The van der Waals surface area contributed by atoms with E-state index in [-0.39, 0.29) is 102 Å². The van der Waals surface area contributed by atoms with E-state index in [1.807, 2.05) is 26.0 Å². The van der Waals surface area contributed by atoms with Crippen molar-refractivity contribution in [2.75, 3.05) is 72.2 Å². The number of carboxylic acids is 3. The number of benzene rings is 1. The number of hydrogen-bond donors (Lipinski definition) is 5. The number of aliphatic hydroxyl groups excluding tert-OH is 1. The number of rotatable bonds is 11. The van der Waals surface area contributed by atoms with Gasteiger partial charge in [0.2, 0.25) is 0 Å². The molecule has 1 atom stereocenters. The Morgan fingerprint density at radius 1 is 0.805 bits per heavy atom. The average Bonchev–Trinajstić information content (AvgIpc) is 2.83. The van der Waals surface area contributed by atoms with Crippen LogP contribution in [0.1, 0.15) is 29.8 Å². The molecule has 0 aromatic heterocycles. The first-order chi connectivity index (χ1) is 18.5. The monoisotopic (exact) mass is 658 g/mol. The number of amides is 1. The molecule has 1 fully saturated rings. The molecule has 1 radical (unpaired) electrons. The van der Waals surface area contributed by atoms with E-state index in [9.17, 15) is 39.6 Å². The zero-order valence-corrected chi connectivity index (χ0v) is 26.6. The van der Waals surface area contributed by atoms with Crippen molar-refractivity contribution in [2.24, 2.45) is 0 Å². The van der Waals surface area contributed by atoms with Crippen molar-refractivity contribution in [1.82, 2.24) is 24.9 Å². The van der Waals surface area contributed by atoms with Crippen LogP contribution in [-0.4, -0.2) is 154 Å². The zero-order valence-electron chi connectivity index (χ0n) is 23.7. The first-order valence-electron chi connectivity index (χ1n) is 13.0. The second-order valence-electron chi connectivity index (χ2n) is 10.1. The number of nitrogens with zero attached hydrogens (tertiary/aromatic N) is 4. The van der Waals surface area contributed by atoms with Crippen LogP contribution in [0.25, 0.3) is 0 Å². The molecule has 1 aliphatic rings. The largest absolute Gasteiger partial charge is 0.480 e. The third-order valence-electron chi connectivity index (χ3n) is 6.52. The van der Waals surface area contributed by atoms with Crippen molar-refractivity contribution in [3.05, 3.63) is 35.4 Å². The van der Waals surface area contributed by atoms with Crippen LogP contribution in [0, 0.1) is 0 Å². The fourth-order valence-corrected chi connectivity index (χ4v) is 4.57. The van der Waals surface area contributed by atoms with Gasteiger partial charge in [-0.2, -0.15) is 0 Å². The van der Waals surface area contributed by atoms with E-state index in [4.69, 9.17) is 0 Å².